The van der Waals surface area contributed by atoms with Gasteiger partial charge >= 0.3 is 0 Å². The number of halogens is 1. The molecule has 0 aliphatic carbocycles. The zero-order chi connectivity index (χ0) is 15.4. The molecular formula is C16H18BrN3O. The Bertz CT molecular complexity index is 658. The van der Waals surface area contributed by atoms with E-state index in [1.54, 1.807) is 24.1 Å². The summed E-state index contributed by atoms with van der Waals surface area (Å²) >= 11 is 3.50. The van der Waals surface area contributed by atoms with Crippen LogP contribution in [0, 0.1) is 6.92 Å². The van der Waals surface area contributed by atoms with E-state index in [4.69, 9.17) is 5.84 Å². The van der Waals surface area contributed by atoms with Crippen molar-refractivity contribution in [3.8, 4) is 0 Å². The van der Waals surface area contributed by atoms with E-state index in [9.17, 15) is 4.79 Å². The SMILES string of the molecule is Cc1cc(NN)ccc1C(=O)N(C)Cc1ccccc1Br. The van der Waals surface area contributed by atoms with Gasteiger partial charge in [-0.3, -0.25) is 10.6 Å². The molecule has 0 spiro atoms. The molecule has 0 bridgehead atoms. The van der Waals surface area contributed by atoms with Crippen molar-refractivity contribution in [1.82, 2.24) is 4.90 Å². The normalized spacial score (nSPS) is 10.3. The molecule has 0 heterocycles. The molecule has 0 radical (unpaired) electrons. The molecule has 2 rings (SSSR count). The second-order valence-electron chi connectivity index (χ2n) is 4.93. The maximum atomic E-state index is 12.5. The van der Waals surface area contributed by atoms with Crippen LogP contribution in [-0.2, 0) is 6.54 Å². The summed E-state index contributed by atoms with van der Waals surface area (Å²) in [6, 6.07) is 13.3. The van der Waals surface area contributed by atoms with Gasteiger partial charge in [-0.15, -0.1) is 0 Å². The Balaban J connectivity index is 2.18. The number of anilines is 1. The molecule has 3 N–H and O–H groups in total. The van der Waals surface area contributed by atoms with Gasteiger partial charge in [0.25, 0.3) is 5.91 Å². The van der Waals surface area contributed by atoms with Gasteiger partial charge in [-0.05, 0) is 42.3 Å². The minimum atomic E-state index is -0.00757. The van der Waals surface area contributed by atoms with E-state index in [1.165, 1.54) is 0 Å². The lowest BCUT2D eigenvalue weighted by Crippen LogP contribution is -2.27. The molecule has 110 valence electrons. The molecule has 0 saturated heterocycles. The molecule has 0 aliphatic rings. The number of nitrogens with one attached hydrogen (secondary N) is 1. The van der Waals surface area contributed by atoms with Crippen LogP contribution in [0.15, 0.2) is 46.9 Å². The number of carbonyl (C=O) groups excluding carboxylic acids is 1. The van der Waals surface area contributed by atoms with Crippen LogP contribution in [0.3, 0.4) is 0 Å². The smallest absolute Gasteiger partial charge is 0.254 e. The highest BCUT2D eigenvalue weighted by Gasteiger charge is 2.15. The van der Waals surface area contributed by atoms with Gasteiger partial charge < -0.3 is 10.3 Å². The van der Waals surface area contributed by atoms with Crippen molar-refractivity contribution in [3.05, 3.63) is 63.6 Å². The third-order valence-corrected chi connectivity index (χ3v) is 4.11. The van der Waals surface area contributed by atoms with Gasteiger partial charge in [-0.1, -0.05) is 34.1 Å². The molecule has 0 atom stereocenters. The van der Waals surface area contributed by atoms with Gasteiger partial charge in [0.1, 0.15) is 0 Å². The standard InChI is InChI=1S/C16H18BrN3O/c1-11-9-13(19-18)7-8-14(11)16(21)20(2)10-12-5-3-4-6-15(12)17/h3-9,19H,10,18H2,1-2H3. The van der Waals surface area contributed by atoms with Crippen molar-refractivity contribution in [3.63, 3.8) is 0 Å². The van der Waals surface area contributed by atoms with Crippen LogP contribution < -0.4 is 11.3 Å². The van der Waals surface area contributed by atoms with Crippen molar-refractivity contribution in [2.24, 2.45) is 5.84 Å². The summed E-state index contributed by atoms with van der Waals surface area (Å²) in [7, 11) is 1.80. The molecule has 0 aromatic heterocycles. The Morgan fingerprint density at radius 2 is 2.00 bits per heavy atom. The quantitative estimate of drug-likeness (QED) is 0.658. The molecule has 0 fully saturated rings. The number of nitrogens with zero attached hydrogens (tertiary/aromatic N) is 1. The summed E-state index contributed by atoms with van der Waals surface area (Å²) in [6.45, 7) is 2.46. The highest BCUT2D eigenvalue weighted by Crippen LogP contribution is 2.20. The summed E-state index contributed by atoms with van der Waals surface area (Å²) in [5.41, 5.74) is 6.03. The minimum absolute atomic E-state index is 0.00757. The first kappa shape index (κ1) is 15.5. The molecule has 2 aromatic rings. The summed E-state index contributed by atoms with van der Waals surface area (Å²) in [4.78, 5) is 14.2. The molecule has 1 amide bonds. The van der Waals surface area contributed by atoms with Crippen molar-refractivity contribution in [1.29, 1.82) is 0 Å². The van der Waals surface area contributed by atoms with Gasteiger partial charge in [0.15, 0.2) is 0 Å². The Morgan fingerprint density at radius 1 is 1.29 bits per heavy atom. The summed E-state index contributed by atoms with van der Waals surface area (Å²) in [5, 5.41) is 0. The topological polar surface area (TPSA) is 58.4 Å². The van der Waals surface area contributed by atoms with E-state index in [2.05, 4.69) is 21.4 Å². The number of hydrogen-bond donors (Lipinski definition) is 2. The van der Waals surface area contributed by atoms with Crippen molar-refractivity contribution in [2.45, 2.75) is 13.5 Å². The number of nitrogen functional groups attached to an aromatic ring is 1. The fourth-order valence-electron chi connectivity index (χ4n) is 2.15. The van der Waals surface area contributed by atoms with Gasteiger partial charge in [-0.2, -0.15) is 0 Å². The third-order valence-electron chi connectivity index (χ3n) is 3.34. The molecule has 0 saturated carbocycles. The number of benzene rings is 2. The number of amides is 1. The van der Waals surface area contributed by atoms with Crippen LogP contribution in [0.5, 0.6) is 0 Å². The lowest BCUT2D eigenvalue weighted by Gasteiger charge is -2.19. The first-order valence-corrected chi connectivity index (χ1v) is 7.38. The molecule has 21 heavy (non-hydrogen) atoms. The number of rotatable bonds is 4. The fourth-order valence-corrected chi connectivity index (χ4v) is 2.56. The van der Waals surface area contributed by atoms with Crippen LogP contribution >= 0.6 is 15.9 Å². The molecular weight excluding hydrogens is 330 g/mol. The van der Waals surface area contributed by atoms with Crippen LogP contribution in [0.2, 0.25) is 0 Å². The minimum Gasteiger partial charge on any atom is -0.337 e. The predicted octanol–water partition coefficient (Wildman–Crippen LogP) is 3.32. The zero-order valence-electron chi connectivity index (χ0n) is 12.1. The van der Waals surface area contributed by atoms with E-state index in [0.29, 0.717) is 12.1 Å². The molecule has 0 unspecified atom stereocenters. The van der Waals surface area contributed by atoms with E-state index < -0.39 is 0 Å². The molecule has 2 aromatic carbocycles. The summed E-state index contributed by atoms with van der Waals surface area (Å²) in [6.07, 6.45) is 0. The third kappa shape index (κ3) is 3.62. The van der Waals surface area contributed by atoms with Crippen LogP contribution in [0.4, 0.5) is 5.69 Å². The number of hydrazine groups is 1. The first-order valence-electron chi connectivity index (χ1n) is 6.59. The van der Waals surface area contributed by atoms with Crippen molar-refractivity contribution >= 4 is 27.5 Å². The van der Waals surface area contributed by atoms with Crippen LogP contribution in [-0.4, -0.2) is 17.9 Å². The van der Waals surface area contributed by atoms with E-state index >= 15 is 0 Å². The Kier molecular flexibility index (Phi) is 4.98. The van der Waals surface area contributed by atoms with Gasteiger partial charge in [0.05, 0.1) is 0 Å². The van der Waals surface area contributed by atoms with Gasteiger partial charge in [0, 0.05) is 29.3 Å². The maximum Gasteiger partial charge on any atom is 0.254 e. The van der Waals surface area contributed by atoms with E-state index in [-0.39, 0.29) is 5.91 Å². The Labute approximate surface area is 133 Å². The van der Waals surface area contributed by atoms with E-state index in [1.807, 2.05) is 37.3 Å². The highest BCUT2D eigenvalue weighted by molar-refractivity contribution is 9.10. The summed E-state index contributed by atoms with van der Waals surface area (Å²) < 4.78 is 1.00. The van der Waals surface area contributed by atoms with Crippen LogP contribution in [0.25, 0.3) is 0 Å². The van der Waals surface area contributed by atoms with Crippen molar-refractivity contribution in [2.75, 3.05) is 12.5 Å². The maximum absolute atomic E-state index is 12.5. The summed E-state index contributed by atoms with van der Waals surface area (Å²) in [5.74, 6) is 5.37. The van der Waals surface area contributed by atoms with Gasteiger partial charge in [-0.25, -0.2) is 0 Å². The highest BCUT2D eigenvalue weighted by atomic mass is 79.9. The van der Waals surface area contributed by atoms with E-state index in [0.717, 1.165) is 21.3 Å². The Morgan fingerprint density at radius 3 is 2.62 bits per heavy atom. The largest absolute Gasteiger partial charge is 0.337 e. The van der Waals surface area contributed by atoms with Crippen LogP contribution in [0.1, 0.15) is 21.5 Å². The van der Waals surface area contributed by atoms with Crippen molar-refractivity contribution < 1.29 is 4.79 Å². The fraction of sp³-hybridized carbons (Fsp3) is 0.188. The predicted molar refractivity (Wildman–Crippen MR) is 88.9 cm³/mol. The number of nitrogens with two attached hydrogens (primary N) is 1. The zero-order valence-corrected chi connectivity index (χ0v) is 13.6. The number of aryl methyl sites for hydroxylation is 1. The lowest BCUT2D eigenvalue weighted by atomic mass is 10.1. The average molecular weight is 348 g/mol. The first-order chi connectivity index (χ1) is 10.0. The second-order valence-corrected chi connectivity index (χ2v) is 5.78. The molecule has 5 heteroatoms. The average Bonchev–Trinajstić information content (AvgIpc) is 2.48. The Hall–Kier alpha value is -1.85. The molecule has 0 aliphatic heterocycles. The second kappa shape index (κ2) is 6.74. The lowest BCUT2D eigenvalue weighted by molar-refractivity contribution is 0.0784. The van der Waals surface area contributed by atoms with Gasteiger partial charge in [0.2, 0.25) is 0 Å². The number of hydrogen-bond acceptors (Lipinski definition) is 3. The number of carbonyl (C=O) groups is 1. The monoisotopic (exact) mass is 347 g/mol. The molecule has 4 nitrogen and oxygen atoms in total.